The lowest BCUT2D eigenvalue weighted by molar-refractivity contribution is 0.0979. The molecule has 0 aromatic carbocycles. The predicted octanol–water partition coefficient (Wildman–Crippen LogP) is 5.07. The van der Waals surface area contributed by atoms with Gasteiger partial charge in [0, 0.05) is 17.4 Å². The Bertz CT molecular complexity index is 277. The summed E-state index contributed by atoms with van der Waals surface area (Å²) < 4.78 is 0. The molecule has 0 radical (unpaired) electrons. The quantitative estimate of drug-likeness (QED) is 0.433. The molecular weight excluding hydrogens is 216 g/mol. The lowest BCUT2D eigenvalue weighted by Gasteiger charge is -2.00. The van der Waals surface area contributed by atoms with Gasteiger partial charge in [-0.15, -0.1) is 0 Å². The highest BCUT2D eigenvalue weighted by atomic mass is 32.1. The van der Waals surface area contributed by atoms with Gasteiger partial charge in [0.2, 0.25) is 0 Å². The zero-order chi connectivity index (χ0) is 11.6. The Kier molecular flexibility index (Phi) is 7.15. The third kappa shape index (κ3) is 5.45. The molecular formula is C14H22OS. The SMILES string of the molecule is CCCCCCCCCC(=O)c1ccsc1. The summed E-state index contributed by atoms with van der Waals surface area (Å²) in [4.78, 5) is 11.6. The molecule has 0 aliphatic rings. The van der Waals surface area contributed by atoms with Gasteiger partial charge in [0.05, 0.1) is 0 Å². The van der Waals surface area contributed by atoms with E-state index in [2.05, 4.69) is 6.92 Å². The molecule has 0 bridgehead atoms. The molecule has 0 fully saturated rings. The number of hydrogen-bond acceptors (Lipinski definition) is 2. The summed E-state index contributed by atoms with van der Waals surface area (Å²) in [5.74, 6) is 0.315. The first-order valence-electron chi connectivity index (χ1n) is 6.40. The second kappa shape index (κ2) is 8.51. The summed E-state index contributed by atoms with van der Waals surface area (Å²) in [7, 11) is 0. The van der Waals surface area contributed by atoms with Gasteiger partial charge >= 0.3 is 0 Å². The second-order valence-electron chi connectivity index (χ2n) is 4.31. The Morgan fingerprint density at radius 1 is 1.12 bits per heavy atom. The number of ketones is 1. The Morgan fingerprint density at radius 2 is 1.81 bits per heavy atom. The third-order valence-corrected chi connectivity index (χ3v) is 3.53. The lowest BCUT2D eigenvalue weighted by atomic mass is 10.0. The number of thiophene rings is 1. The molecule has 1 heterocycles. The van der Waals surface area contributed by atoms with Crippen LogP contribution < -0.4 is 0 Å². The van der Waals surface area contributed by atoms with Crippen LogP contribution >= 0.6 is 11.3 Å². The van der Waals surface area contributed by atoms with E-state index in [1.165, 1.54) is 38.5 Å². The van der Waals surface area contributed by atoms with Crippen molar-refractivity contribution in [2.45, 2.75) is 58.3 Å². The molecule has 16 heavy (non-hydrogen) atoms. The molecule has 0 unspecified atom stereocenters. The van der Waals surface area contributed by atoms with Crippen molar-refractivity contribution in [1.29, 1.82) is 0 Å². The molecule has 0 saturated carbocycles. The number of hydrogen-bond donors (Lipinski definition) is 0. The van der Waals surface area contributed by atoms with E-state index < -0.39 is 0 Å². The van der Waals surface area contributed by atoms with Gasteiger partial charge in [-0.1, -0.05) is 45.4 Å². The van der Waals surface area contributed by atoms with Crippen LogP contribution in [0.3, 0.4) is 0 Å². The molecule has 1 nitrogen and oxygen atoms in total. The van der Waals surface area contributed by atoms with Crippen LogP contribution in [0.25, 0.3) is 0 Å². The zero-order valence-electron chi connectivity index (χ0n) is 10.2. The third-order valence-electron chi connectivity index (χ3n) is 2.85. The average molecular weight is 238 g/mol. The summed E-state index contributed by atoms with van der Waals surface area (Å²) >= 11 is 1.60. The van der Waals surface area contributed by atoms with E-state index in [1.54, 1.807) is 11.3 Å². The van der Waals surface area contributed by atoms with Crippen LogP contribution in [-0.2, 0) is 0 Å². The highest BCUT2D eigenvalue weighted by molar-refractivity contribution is 7.08. The minimum atomic E-state index is 0.315. The number of rotatable bonds is 9. The van der Waals surface area contributed by atoms with Crippen molar-refractivity contribution in [1.82, 2.24) is 0 Å². The Balaban J connectivity index is 1.97. The summed E-state index contributed by atoms with van der Waals surface area (Å²) in [6.45, 7) is 2.24. The van der Waals surface area contributed by atoms with Crippen LogP contribution in [0.15, 0.2) is 16.8 Å². The molecule has 1 aromatic heterocycles. The van der Waals surface area contributed by atoms with Crippen LogP contribution in [0.2, 0.25) is 0 Å². The van der Waals surface area contributed by atoms with E-state index in [1.807, 2.05) is 16.8 Å². The molecule has 0 atom stereocenters. The van der Waals surface area contributed by atoms with E-state index in [-0.39, 0.29) is 0 Å². The molecule has 90 valence electrons. The van der Waals surface area contributed by atoms with Crippen molar-refractivity contribution < 1.29 is 4.79 Å². The van der Waals surface area contributed by atoms with Crippen molar-refractivity contribution in [3.63, 3.8) is 0 Å². The Hall–Kier alpha value is -0.630. The average Bonchev–Trinajstić information content (AvgIpc) is 2.81. The molecule has 1 rings (SSSR count). The minimum absolute atomic E-state index is 0.315. The molecule has 2 heteroatoms. The minimum Gasteiger partial charge on any atom is -0.294 e. The first kappa shape index (κ1) is 13.4. The maximum Gasteiger partial charge on any atom is 0.163 e. The fourth-order valence-electron chi connectivity index (χ4n) is 1.81. The van der Waals surface area contributed by atoms with E-state index in [4.69, 9.17) is 0 Å². The second-order valence-corrected chi connectivity index (χ2v) is 5.09. The zero-order valence-corrected chi connectivity index (χ0v) is 11.0. The maximum absolute atomic E-state index is 11.6. The molecule has 0 N–H and O–H groups in total. The Morgan fingerprint density at radius 3 is 2.44 bits per heavy atom. The first-order chi connectivity index (χ1) is 7.84. The van der Waals surface area contributed by atoms with Gasteiger partial charge in [0.25, 0.3) is 0 Å². The first-order valence-corrected chi connectivity index (χ1v) is 7.34. The van der Waals surface area contributed by atoms with Gasteiger partial charge in [-0.3, -0.25) is 4.79 Å². The Labute approximate surface area is 103 Å². The highest BCUT2D eigenvalue weighted by Crippen LogP contribution is 2.13. The highest BCUT2D eigenvalue weighted by Gasteiger charge is 2.04. The number of unbranched alkanes of at least 4 members (excludes halogenated alkanes) is 6. The topological polar surface area (TPSA) is 17.1 Å². The number of Topliss-reactive ketones (excluding diaryl/α,β-unsaturated/α-hetero) is 1. The van der Waals surface area contributed by atoms with Crippen LogP contribution in [0.5, 0.6) is 0 Å². The monoisotopic (exact) mass is 238 g/mol. The van der Waals surface area contributed by atoms with Crippen molar-refractivity contribution in [3.05, 3.63) is 22.4 Å². The molecule has 0 spiro atoms. The van der Waals surface area contributed by atoms with E-state index in [9.17, 15) is 4.79 Å². The smallest absolute Gasteiger partial charge is 0.163 e. The van der Waals surface area contributed by atoms with Crippen LogP contribution in [-0.4, -0.2) is 5.78 Å². The van der Waals surface area contributed by atoms with Crippen molar-refractivity contribution in [2.75, 3.05) is 0 Å². The van der Waals surface area contributed by atoms with Gasteiger partial charge in [-0.25, -0.2) is 0 Å². The summed E-state index contributed by atoms with van der Waals surface area (Å²) in [6.07, 6.45) is 9.63. The van der Waals surface area contributed by atoms with Gasteiger partial charge in [0.1, 0.15) is 0 Å². The normalized spacial score (nSPS) is 10.6. The van der Waals surface area contributed by atoms with Crippen LogP contribution in [0.4, 0.5) is 0 Å². The van der Waals surface area contributed by atoms with Gasteiger partial charge < -0.3 is 0 Å². The molecule has 1 aromatic rings. The summed E-state index contributed by atoms with van der Waals surface area (Å²) in [5, 5.41) is 3.92. The van der Waals surface area contributed by atoms with Crippen LogP contribution in [0, 0.1) is 0 Å². The van der Waals surface area contributed by atoms with Gasteiger partial charge in [-0.05, 0) is 17.9 Å². The number of carbonyl (C=O) groups excluding carboxylic acids is 1. The summed E-state index contributed by atoms with van der Waals surface area (Å²) in [5.41, 5.74) is 0.899. The summed E-state index contributed by atoms with van der Waals surface area (Å²) in [6, 6.07) is 1.92. The fourth-order valence-corrected chi connectivity index (χ4v) is 2.47. The molecule has 0 amide bonds. The van der Waals surface area contributed by atoms with Crippen molar-refractivity contribution >= 4 is 17.1 Å². The van der Waals surface area contributed by atoms with E-state index >= 15 is 0 Å². The van der Waals surface area contributed by atoms with Crippen molar-refractivity contribution in [3.8, 4) is 0 Å². The van der Waals surface area contributed by atoms with Crippen LogP contribution in [0.1, 0.15) is 68.6 Å². The maximum atomic E-state index is 11.6. The predicted molar refractivity (Wildman–Crippen MR) is 71.3 cm³/mol. The molecule has 0 aliphatic heterocycles. The standard InChI is InChI=1S/C14H22OS/c1-2-3-4-5-6-7-8-9-14(15)13-10-11-16-12-13/h10-12H,2-9H2,1H3. The lowest BCUT2D eigenvalue weighted by Crippen LogP contribution is -1.96. The largest absolute Gasteiger partial charge is 0.294 e. The van der Waals surface area contributed by atoms with Gasteiger partial charge in [-0.2, -0.15) is 11.3 Å². The van der Waals surface area contributed by atoms with E-state index in [0.717, 1.165) is 18.4 Å². The van der Waals surface area contributed by atoms with Gasteiger partial charge in [0.15, 0.2) is 5.78 Å². The fraction of sp³-hybridized carbons (Fsp3) is 0.643. The molecule has 0 saturated heterocycles. The number of carbonyl (C=O) groups is 1. The molecule has 0 aliphatic carbocycles. The van der Waals surface area contributed by atoms with Crippen molar-refractivity contribution in [2.24, 2.45) is 0 Å². The van der Waals surface area contributed by atoms with E-state index in [0.29, 0.717) is 5.78 Å².